The number of rotatable bonds is 9. The molecule has 1 aromatic heterocycles. The Balaban J connectivity index is 1.50. The van der Waals surface area contributed by atoms with Crippen LogP contribution in [0.4, 0.5) is 0 Å². The van der Waals surface area contributed by atoms with Gasteiger partial charge in [0, 0.05) is 26.1 Å². The molecule has 2 heterocycles. The number of guanidine groups is 1. The molecule has 1 fully saturated rings. The Morgan fingerprint density at radius 1 is 1.15 bits per heavy atom. The maximum absolute atomic E-state index is 5.68. The summed E-state index contributed by atoms with van der Waals surface area (Å²) in [6, 6.07) is 12.0. The molecule has 6 nitrogen and oxygen atoms in total. The number of nitrogens with zero attached hydrogens (tertiary/aromatic N) is 1. The average Bonchev–Trinajstić information content (AvgIpc) is 3.40. The number of hydrogen-bond donors (Lipinski definition) is 2. The lowest BCUT2D eigenvalue weighted by Crippen LogP contribution is -2.40. The molecule has 3 rings (SSSR count). The SMILES string of the molecule is COc1ccccc1CCNC(=NCC1CCCO1)NCCc1ccco1. The van der Waals surface area contributed by atoms with Gasteiger partial charge in [0.05, 0.1) is 26.0 Å². The van der Waals surface area contributed by atoms with Crippen LogP contribution in [0, 0.1) is 0 Å². The highest BCUT2D eigenvalue weighted by molar-refractivity contribution is 5.79. The number of furan rings is 1. The number of benzene rings is 1. The molecule has 2 aromatic rings. The monoisotopic (exact) mass is 371 g/mol. The van der Waals surface area contributed by atoms with Crippen LogP contribution < -0.4 is 15.4 Å². The molecule has 1 aliphatic heterocycles. The van der Waals surface area contributed by atoms with E-state index < -0.39 is 0 Å². The molecule has 0 aliphatic carbocycles. The summed E-state index contributed by atoms with van der Waals surface area (Å²) in [5, 5.41) is 6.81. The van der Waals surface area contributed by atoms with Crippen molar-refractivity contribution < 1.29 is 13.9 Å². The summed E-state index contributed by atoms with van der Waals surface area (Å²) in [5.74, 6) is 2.70. The zero-order valence-corrected chi connectivity index (χ0v) is 15.9. The van der Waals surface area contributed by atoms with Crippen molar-refractivity contribution in [2.24, 2.45) is 4.99 Å². The number of ether oxygens (including phenoxy) is 2. The summed E-state index contributed by atoms with van der Waals surface area (Å²) in [6.07, 6.45) is 5.84. The second-order valence-corrected chi connectivity index (χ2v) is 6.57. The first-order chi connectivity index (χ1) is 13.3. The van der Waals surface area contributed by atoms with Crippen LogP contribution in [0.25, 0.3) is 0 Å². The van der Waals surface area contributed by atoms with Crippen molar-refractivity contribution in [3.05, 3.63) is 54.0 Å². The van der Waals surface area contributed by atoms with Gasteiger partial charge in [0.15, 0.2) is 5.96 Å². The highest BCUT2D eigenvalue weighted by Gasteiger charge is 2.15. The predicted octanol–water partition coefficient (Wildman–Crippen LogP) is 2.79. The Labute approximate surface area is 161 Å². The van der Waals surface area contributed by atoms with Gasteiger partial charge in [-0.25, -0.2) is 0 Å². The molecule has 1 saturated heterocycles. The molecule has 1 aliphatic rings. The quantitative estimate of drug-likeness (QED) is 0.524. The van der Waals surface area contributed by atoms with Gasteiger partial charge < -0.3 is 24.5 Å². The highest BCUT2D eigenvalue weighted by atomic mass is 16.5. The molecule has 146 valence electrons. The van der Waals surface area contributed by atoms with Crippen molar-refractivity contribution in [3.8, 4) is 5.75 Å². The first-order valence-corrected chi connectivity index (χ1v) is 9.63. The van der Waals surface area contributed by atoms with Crippen molar-refractivity contribution in [3.63, 3.8) is 0 Å². The summed E-state index contributed by atoms with van der Waals surface area (Å²) in [5.41, 5.74) is 1.18. The molecule has 27 heavy (non-hydrogen) atoms. The third-order valence-corrected chi connectivity index (χ3v) is 4.60. The maximum Gasteiger partial charge on any atom is 0.191 e. The van der Waals surface area contributed by atoms with Crippen molar-refractivity contribution in [2.45, 2.75) is 31.8 Å². The van der Waals surface area contributed by atoms with E-state index in [0.717, 1.165) is 62.8 Å². The lowest BCUT2D eigenvalue weighted by Gasteiger charge is -2.14. The normalized spacial score (nSPS) is 17.1. The number of aliphatic imine (C=N–C) groups is 1. The predicted molar refractivity (Wildman–Crippen MR) is 106 cm³/mol. The van der Waals surface area contributed by atoms with E-state index in [1.165, 1.54) is 5.56 Å². The van der Waals surface area contributed by atoms with Gasteiger partial charge in [0.1, 0.15) is 11.5 Å². The largest absolute Gasteiger partial charge is 0.496 e. The molecule has 0 bridgehead atoms. The van der Waals surface area contributed by atoms with Crippen LogP contribution in [-0.4, -0.2) is 45.4 Å². The topological polar surface area (TPSA) is 68.0 Å². The fourth-order valence-electron chi connectivity index (χ4n) is 3.14. The molecule has 0 radical (unpaired) electrons. The van der Waals surface area contributed by atoms with E-state index in [9.17, 15) is 0 Å². The minimum Gasteiger partial charge on any atom is -0.496 e. The molecule has 1 atom stereocenters. The summed E-state index contributed by atoms with van der Waals surface area (Å²) in [6.45, 7) is 3.07. The number of methoxy groups -OCH3 is 1. The standard InChI is InChI=1S/C21H29N3O3/c1-25-20-9-3-2-6-17(20)10-12-22-21(24-16-19-8-5-15-27-19)23-13-11-18-7-4-14-26-18/h2-4,6-7,9,14,19H,5,8,10-13,15-16H2,1H3,(H2,22,23,24). The molecule has 2 N–H and O–H groups in total. The van der Waals surface area contributed by atoms with Gasteiger partial charge in [-0.15, -0.1) is 0 Å². The lowest BCUT2D eigenvalue weighted by molar-refractivity contribution is 0.117. The Morgan fingerprint density at radius 2 is 2.00 bits per heavy atom. The zero-order valence-electron chi connectivity index (χ0n) is 15.9. The number of hydrogen-bond acceptors (Lipinski definition) is 4. The second-order valence-electron chi connectivity index (χ2n) is 6.57. The summed E-state index contributed by atoms with van der Waals surface area (Å²) < 4.78 is 16.5. The van der Waals surface area contributed by atoms with Crippen molar-refractivity contribution in [1.29, 1.82) is 0 Å². The van der Waals surface area contributed by atoms with Gasteiger partial charge in [0.2, 0.25) is 0 Å². The van der Waals surface area contributed by atoms with Crippen LogP contribution in [0.5, 0.6) is 5.75 Å². The first-order valence-electron chi connectivity index (χ1n) is 9.63. The Hall–Kier alpha value is -2.47. The zero-order chi connectivity index (χ0) is 18.7. The van der Waals surface area contributed by atoms with Crippen LogP contribution >= 0.6 is 0 Å². The van der Waals surface area contributed by atoms with E-state index >= 15 is 0 Å². The third kappa shape index (κ3) is 6.32. The van der Waals surface area contributed by atoms with Gasteiger partial charge in [-0.1, -0.05) is 18.2 Å². The Kier molecular flexibility index (Phi) is 7.59. The fraction of sp³-hybridized carbons (Fsp3) is 0.476. The van der Waals surface area contributed by atoms with Crippen LogP contribution in [0.1, 0.15) is 24.2 Å². The summed E-state index contributed by atoms with van der Waals surface area (Å²) in [4.78, 5) is 4.71. The molecule has 1 unspecified atom stereocenters. The lowest BCUT2D eigenvalue weighted by atomic mass is 10.1. The van der Waals surface area contributed by atoms with Gasteiger partial charge >= 0.3 is 0 Å². The van der Waals surface area contributed by atoms with E-state index in [2.05, 4.69) is 16.7 Å². The Morgan fingerprint density at radius 3 is 2.74 bits per heavy atom. The molecule has 1 aromatic carbocycles. The molecule has 6 heteroatoms. The number of para-hydroxylation sites is 1. The van der Waals surface area contributed by atoms with Gasteiger partial charge in [0.25, 0.3) is 0 Å². The fourth-order valence-corrected chi connectivity index (χ4v) is 3.14. The summed E-state index contributed by atoms with van der Waals surface area (Å²) >= 11 is 0. The molecule has 0 spiro atoms. The van der Waals surface area contributed by atoms with Crippen LogP contribution in [0.15, 0.2) is 52.1 Å². The third-order valence-electron chi connectivity index (χ3n) is 4.60. The highest BCUT2D eigenvalue weighted by Crippen LogP contribution is 2.17. The molecular weight excluding hydrogens is 342 g/mol. The molecular formula is C21H29N3O3. The van der Waals surface area contributed by atoms with Crippen LogP contribution in [-0.2, 0) is 17.6 Å². The van der Waals surface area contributed by atoms with Gasteiger partial charge in [-0.3, -0.25) is 4.99 Å². The van der Waals surface area contributed by atoms with E-state index in [0.29, 0.717) is 6.54 Å². The van der Waals surface area contributed by atoms with E-state index in [-0.39, 0.29) is 6.10 Å². The van der Waals surface area contributed by atoms with Crippen LogP contribution in [0.3, 0.4) is 0 Å². The minimum atomic E-state index is 0.239. The van der Waals surface area contributed by atoms with E-state index in [1.807, 2.05) is 30.3 Å². The van der Waals surface area contributed by atoms with Gasteiger partial charge in [-0.05, 0) is 43.0 Å². The smallest absolute Gasteiger partial charge is 0.191 e. The van der Waals surface area contributed by atoms with E-state index in [1.54, 1.807) is 13.4 Å². The van der Waals surface area contributed by atoms with E-state index in [4.69, 9.17) is 18.9 Å². The molecule has 0 amide bonds. The maximum atomic E-state index is 5.68. The van der Waals surface area contributed by atoms with Gasteiger partial charge in [-0.2, -0.15) is 0 Å². The average molecular weight is 371 g/mol. The number of nitrogens with one attached hydrogen (secondary N) is 2. The van der Waals surface area contributed by atoms with Crippen molar-refractivity contribution in [2.75, 3.05) is 33.4 Å². The minimum absolute atomic E-state index is 0.239. The Bertz CT molecular complexity index is 694. The molecule has 0 saturated carbocycles. The van der Waals surface area contributed by atoms with Crippen molar-refractivity contribution >= 4 is 5.96 Å². The second kappa shape index (κ2) is 10.6. The van der Waals surface area contributed by atoms with Crippen LogP contribution in [0.2, 0.25) is 0 Å². The first kappa shape index (κ1) is 19.3. The van der Waals surface area contributed by atoms with Crippen molar-refractivity contribution in [1.82, 2.24) is 10.6 Å². The summed E-state index contributed by atoms with van der Waals surface area (Å²) in [7, 11) is 1.71.